The van der Waals surface area contributed by atoms with E-state index in [-0.39, 0.29) is 19.3 Å². The largest absolute Gasteiger partial charge is 0.481 e. The van der Waals surface area contributed by atoms with E-state index in [0.29, 0.717) is 6.61 Å². The molecule has 1 aliphatic heterocycles. The van der Waals surface area contributed by atoms with Crippen LogP contribution in [0.2, 0.25) is 0 Å². The third-order valence-corrected chi connectivity index (χ3v) is 2.50. The predicted molar refractivity (Wildman–Crippen MR) is 61.8 cm³/mol. The van der Waals surface area contributed by atoms with Gasteiger partial charge in [0.2, 0.25) is 0 Å². The zero-order chi connectivity index (χ0) is 12.7. The number of carbonyl (C=O) groups is 1. The number of ether oxygens (including phenoxy) is 3. The van der Waals surface area contributed by atoms with E-state index in [2.05, 4.69) is 0 Å². The minimum atomic E-state index is -0.848. The van der Waals surface area contributed by atoms with Crippen LogP contribution in [-0.2, 0) is 19.0 Å². The van der Waals surface area contributed by atoms with E-state index < -0.39 is 11.6 Å². The Hall–Kier alpha value is -0.650. The standard InChI is InChI=1S/C12H22O5/c1-12(2,9-15-8-6-10(13)14)17-11-5-3-4-7-16-11/h11H,3-9H2,1-2H3,(H,13,14). The molecule has 1 atom stereocenters. The summed E-state index contributed by atoms with van der Waals surface area (Å²) in [6.45, 7) is 5.19. The second kappa shape index (κ2) is 6.93. The molecule has 0 spiro atoms. The molecular weight excluding hydrogens is 224 g/mol. The van der Waals surface area contributed by atoms with E-state index in [4.69, 9.17) is 19.3 Å². The van der Waals surface area contributed by atoms with Crippen molar-refractivity contribution < 1.29 is 24.1 Å². The molecule has 5 nitrogen and oxygen atoms in total. The summed E-state index contributed by atoms with van der Waals surface area (Å²) >= 11 is 0. The van der Waals surface area contributed by atoms with Gasteiger partial charge in [-0.2, -0.15) is 0 Å². The highest BCUT2D eigenvalue weighted by molar-refractivity contribution is 5.66. The summed E-state index contributed by atoms with van der Waals surface area (Å²) in [6.07, 6.45) is 3.01. The third kappa shape index (κ3) is 6.61. The van der Waals surface area contributed by atoms with E-state index >= 15 is 0 Å². The molecule has 1 fully saturated rings. The number of carboxylic acid groups (broad SMARTS) is 1. The summed E-state index contributed by atoms with van der Waals surface area (Å²) in [5, 5.41) is 8.47. The molecule has 0 radical (unpaired) electrons. The number of carboxylic acids is 1. The zero-order valence-electron chi connectivity index (χ0n) is 10.6. The van der Waals surface area contributed by atoms with Gasteiger partial charge in [-0.05, 0) is 33.1 Å². The molecule has 5 heteroatoms. The molecule has 1 aliphatic rings. The minimum Gasteiger partial charge on any atom is -0.481 e. The summed E-state index contributed by atoms with van der Waals surface area (Å²) in [6, 6.07) is 0. The first-order valence-electron chi connectivity index (χ1n) is 6.08. The Morgan fingerprint density at radius 2 is 2.24 bits per heavy atom. The van der Waals surface area contributed by atoms with Crippen molar-refractivity contribution in [2.45, 2.75) is 51.4 Å². The van der Waals surface area contributed by atoms with E-state index in [9.17, 15) is 4.79 Å². The van der Waals surface area contributed by atoms with Gasteiger partial charge in [-0.1, -0.05) is 0 Å². The maximum atomic E-state index is 10.3. The predicted octanol–water partition coefficient (Wildman–Crippen LogP) is 1.80. The van der Waals surface area contributed by atoms with Gasteiger partial charge in [0, 0.05) is 6.61 Å². The van der Waals surface area contributed by atoms with Crippen LogP contribution >= 0.6 is 0 Å². The minimum absolute atomic E-state index is 0.0238. The topological polar surface area (TPSA) is 65.0 Å². The fraction of sp³-hybridized carbons (Fsp3) is 0.917. The van der Waals surface area contributed by atoms with Crippen LogP contribution < -0.4 is 0 Å². The fourth-order valence-electron chi connectivity index (χ4n) is 1.67. The van der Waals surface area contributed by atoms with Gasteiger partial charge in [-0.3, -0.25) is 4.79 Å². The molecule has 1 rings (SSSR count). The third-order valence-electron chi connectivity index (χ3n) is 2.50. The molecule has 1 heterocycles. The average molecular weight is 246 g/mol. The lowest BCUT2D eigenvalue weighted by Gasteiger charge is -2.32. The van der Waals surface area contributed by atoms with E-state index in [0.717, 1.165) is 25.9 Å². The Kier molecular flexibility index (Phi) is 5.88. The Bertz CT molecular complexity index is 233. The molecule has 0 aliphatic carbocycles. The number of hydrogen-bond acceptors (Lipinski definition) is 4. The molecule has 0 aromatic heterocycles. The first-order chi connectivity index (χ1) is 7.99. The van der Waals surface area contributed by atoms with Gasteiger partial charge in [-0.15, -0.1) is 0 Å². The van der Waals surface area contributed by atoms with Crippen LogP contribution in [0.3, 0.4) is 0 Å². The van der Waals surface area contributed by atoms with Crippen LogP contribution in [0.1, 0.15) is 39.5 Å². The van der Waals surface area contributed by atoms with Crippen LogP contribution in [0, 0.1) is 0 Å². The van der Waals surface area contributed by atoms with E-state index in [1.165, 1.54) is 0 Å². The Morgan fingerprint density at radius 1 is 1.47 bits per heavy atom. The van der Waals surface area contributed by atoms with Gasteiger partial charge in [0.25, 0.3) is 0 Å². The Balaban J connectivity index is 2.17. The van der Waals surface area contributed by atoms with Crippen molar-refractivity contribution in [1.82, 2.24) is 0 Å². The van der Waals surface area contributed by atoms with Crippen molar-refractivity contribution in [3.05, 3.63) is 0 Å². The van der Waals surface area contributed by atoms with Gasteiger partial charge < -0.3 is 19.3 Å². The first kappa shape index (κ1) is 14.4. The van der Waals surface area contributed by atoms with Crippen molar-refractivity contribution >= 4 is 5.97 Å². The molecule has 1 N–H and O–H groups in total. The molecule has 17 heavy (non-hydrogen) atoms. The molecule has 1 unspecified atom stereocenters. The van der Waals surface area contributed by atoms with Gasteiger partial charge in [0.15, 0.2) is 6.29 Å². The SMILES string of the molecule is CC(C)(COCCC(=O)O)OC1CCCCO1. The van der Waals surface area contributed by atoms with Crippen LogP contribution in [0.4, 0.5) is 0 Å². The highest BCUT2D eigenvalue weighted by Gasteiger charge is 2.26. The fourth-order valence-corrected chi connectivity index (χ4v) is 1.67. The van der Waals surface area contributed by atoms with Crippen molar-refractivity contribution in [2.75, 3.05) is 19.8 Å². The summed E-state index contributed by atoms with van der Waals surface area (Å²) in [7, 11) is 0. The van der Waals surface area contributed by atoms with Gasteiger partial charge in [0.1, 0.15) is 0 Å². The highest BCUT2D eigenvalue weighted by atomic mass is 16.7. The molecule has 0 aromatic carbocycles. The van der Waals surface area contributed by atoms with Crippen LogP contribution in [-0.4, -0.2) is 42.8 Å². The monoisotopic (exact) mass is 246 g/mol. The van der Waals surface area contributed by atoms with Crippen molar-refractivity contribution in [2.24, 2.45) is 0 Å². The highest BCUT2D eigenvalue weighted by Crippen LogP contribution is 2.20. The zero-order valence-corrected chi connectivity index (χ0v) is 10.6. The molecule has 100 valence electrons. The number of rotatable bonds is 7. The van der Waals surface area contributed by atoms with E-state index in [1.807, 2.05) is 13.8 Å². The van der Waals surface area contributed by atoms with Gasteiger partial charge >= 0.3 is 5.97 Å². The summed E-state index contributed by atoms with van der Waals surface area (Å²) in [4.78, 5) is 10.3. The van der Waals surface area contributed by atoms with Crippen molar-refractivity contribution in [3.8, 4) is 0 Å². The maximum Gasteiger partial charge on any atom is 0.305 e. The molecule has 0 amide bonds. The summed E-state index contributed by atoms with van der Waals surface area (Å²) in [5.41, 5.74) is -0.444. The lowest BCUT2D eigenvalue weighted by molar-refractivity contribution is -0.227. The normalized spacial score (nSPS) is 21.4. The molecule has 0 bridgehead atoms. The smallest absolute Gasteiger partial charge is 0.305 e. The van der Waals surface area contributed by atoms with Crippen LogP contribution in [0.15, 0.2) is 0 Å². The van der Waals surface area contributed by atoms with Crippen molar-refractivity contribution in [3.63, 3.8) is 0 Å². The van der Waals surface area contributed by atoms with Gasteiger partial charge in [0.05, 0.1) is 25.2 Å². The maximum absolute atomic E-state index is 10.3. The second-order valence-corrected chi connectivity index (χ2v) is 4.87. The molecule has 0 saturated carbocycles. The Labute approximate surface area is 102 Å². The van der Waals surface area contributed by atoms with Crippen molar-refractivity contribution in [1.29, 1.82) is 0 Å². The van der Waals surface area contributed by atoms with Gasteiger partial charge in [-0.25, -0.2) is 0 Å². The van der Waals surface area contributed by atoms with Crippen LogP contribution in [0.5, 0.6) is 0 Å². The molecule has 1 saturated heterocycles. The lowest BCUT2D eigenvalue weighted by Crippen LogP contribution is -2.38. The molecular formula is C12H22O5. The summed E-state index contributed by atoms with van der Waals surface area (Å²) < 4.78 is 16.6. The number of hydrogen-bond donors (Lipinski definition) is 1. The summed E-state index contributed by atoms with van der Waals surface area (Å²) in [5.74, 6) is -0.848. The van der Waals surface area contributed by atoms with E-state index in [1.54, 1.807) is 0 Å². The lowest BCUT2D eigenvalue weighted by atomic mass is 10.1. The van der Waals surface area contributed by atoms with Crippen LogP contribution in [0.25, 0.3) is 0 Å². The first-order valence-corrected chi connectivity index (χ1v) is 6.08. The second-order valence-electron chi connectivity index (χ2n) is 4.87. The quantitative estimate of drug-likeness (QED) is 0.694. The number of aliphatic carboxylic acids is 1. The average Bonchev–Trinajstić information content (AvgIpc) is 2.25. The molecule has 0 aromatic rings. The Morgan fingerprint density at radius 3 is 2.82 bits per heavy atom.